The van der Waals surface area contributed by atoms with Crippen LogP contribution in [0.5, 0.6) is 0 Å². The van der Waals surface area contributed by atoms with Crippen LogP contribution in [0.3, 0.4) is 0 Å². The van der Waals surface area contributed by atoms with Crippen LogP contribution in [-0.4, -0.2) is 18.0 Å². The molecule has 5 nitrogen and oxygen atoms in total. The number of imidazole rings is 1. The van der Waals surface area contributed by atoms with Crippen molar-refractivity contribution in [1.82, 2.24) is 9.55 Å². The second kappa shape index (κ2) is 5.51. The molecule has 0 saturated heterocycles. The van der Waals surface area contributed by atoms with Gasteiger partial charge < -0.3 is 4.57 Å². The molecular formula is C12H13ClFN3O2S. The summed E-state index contributed by atoms with van der Waals surface area (Å²) in [5.41, 5.74) is 0.740. The summed E-state index contributed by atoms with van der Waals surface area (Å²) in [7, 11) is -3.84. The molecule has 108 valence electrons. The monoisotopic (exact) mass is 317 g/mol. The minimum absolute atomic E-state index is 0.0207. The topological polar surface area (TPSA) is 78.0 Å². The Morgan fingerprint density at radius 1 is 1.45 bits per heavy atom. The van der Waals surface area contributed by atoms with Crippen molar-refractivity contribution in [2.24, 2.45) is 5.14 Å². The Labute approximate surface area is 121 Å². The van der Waals surface area contributed by atoms with Crippen molar-refractivity contribution in [3.8, 4) is 0 Å². The van der Waals surface area contributed by atoms with E-state index in [1.807, 2.05) is 6.92 Å². The summed E-state index contributed by atoms with van der Waals surface area (Å²) >= 11 is 5.72. The Bertz CT molecular complexity index is 743. The van der Waals surface area contributed by atoms with Crippen molar-refractivity contribution >= 4 is 21.6 Å². The molecule has 2 aromatic rings. The maximum Gasteiger partial charge on any atom is 0.257 e. The van der Waals surface area contributed by atoms with Crippen LogP contribution in [0.15, 0.2) is 29.4 Å². The van der Waals surface area contributed by atoms with E-state index in [-0.39, 0.29) is 10.0 Å². The SMILES string of the molecule is CCc1nc(S(N)(=O)=O)cn1Cc1ccc(F)c(Cl)c1. The third-order valence-corrected chi connectivity index (χ3v) is 3.85. The number of halogens is 2. The molecule has 0 aliphatic heterocycles. The Hall–Kier alpha value is -1.44. The zero-order chi connectivity index (χ0) is 14.9. The average molecular weight is 318 g/mol. The van der Waals surface area contributed by atoms with Crippen molar-refractivity contribution in [2.45, 2.75) is 24.9 Å². The van der Waals surface area contributed by atoms with Crippen LogP contribution in [0, 0.1) is 5.82 Å². The van der Waals surface area contributed by atoms with Crippen molar-refractivity contribution in [3.63, 3.8) is 0 Å². The molecule has 0 amide bonds. The van der Waals surface area contributed by atoms with E-state index in [1.54, 1.807) is 10.6 Å². The number of aromatic nitrogens is 2. The van der Waals surface area contributed by atoms with Gasteiger partial charge in [-0.3, -0.25) is 0 Å². The van der Waals surface area contributed by atoms with E-state index in [0.29, 0.717) is 18.8 Å². The summed E-state index contributed by atoms with van der Waals surface area (Å²) < 4.78 is 37.3. The Balaban J connectivity index is 2.37. The number of primary sulfonamides is 1. The normalized spacial score (nSPS) is 11.8. The van der Waals surface area contributed by atoms with Crippen molar-refractivity contribution in [2.75, 3.05) is 0 Å². The highest BCUT2D eigenvalue weighted by atomic mass is 35.5. The van der Waals surface area contributed by atoms with Gasteiger partial charge in [-0.2, -0.15) is 0 Å². The Kier molecular flexibility index (Phi) is 4.12. The zero-order valence-corrected chi connectivity index (χ0v) is 12.2. The number of benzene rings is 1. The zero-order valence-electron chi connectivity index (χ0n) is 10.7. The lowest BCUT2D eigenvalue weighted by atomic mass is 10.2. The quantitative estimate of drug-likeness (QED) is 0.936. The summed E-state index contributed by atoms with van der Waals surface area (Å²) in [5.74, 6) is 0.0801. The first kappa shape index (κ1) is 15.0. The molecule has 0 aliphatic rings. The molecule has 0 saturated carbocycles. The van der Waals surface area contributed by atoms with Crippen molar-refractivity contribution < 1.29 is 12.8 Å². The molecule has 8 heteroatoms. The average Bonchev–Trinajstić information content (AvgIpc) is 2.77. The number of hydrogen-bond acceptors (Lipinski definition) is 3. The van der Waals surface area contributed by atoms with Gasteiger partial charge >= 0.3 is 0 Å². The van der Waals surface area contributed by atoms with Gasteiger partial charge in [-0.15, -0.1) is 0 Å². The Morgan fingerprint density at radius 3 is 2.70 bits per heavy atom. The predicted molar refractivity (Wildman–Crippen MR) is 73.5 cm³/mol. The van der Waals surface area contributed by atoms with Gasteiger partial charge in [0.1, 0.15) is 11.6 Å². The maximum absolute atomic E-state index is 13.1. The van der Waals surface area contributed by atoms with Crippen LogP contribution >= 0.6 is 11.6 Å². The van der Waals surface area contributed by atoms with E-state index in [2.05, 4.69) is 4.98 Å². The molecule has 2 rings (SSSR count). The second-order valence-corrected chi connectivity index (χ2v) is 6.19. The summed E-state index contributed by atoms with van der Waals surface area (Å²) in [6, 6.07) is 4.34. The molecule has 0 radical (unpaired) electrons. The largest absolute Gasteiger partial charge is 0.329 e. The van der Waals surface area contributed by atoms with Crippen LogP contribution < -0.4 is 5.14 Å². The van der Waals surface area contributed by atoms with Gasteiger partial charge in [-0.1, -0.05) is 24.6 Å². The van der Waals surface area contributed by atoms with Gasteiger partial charge in [0.25, 0.3) is 10.0 Å². The predicted octanol–water partition coefficient (Wildman–Crippen LogP) is 1.93. The van der Waals surface area contributed by atoms with E-state index < -0.39 is 15.8 Å². The molecule has 1 aromatic heterocycles. The van der Waals surface area contributed by atoms with E-state index in [9.17, 15) is 12.8 Å². The van der Waals surface area contributed by atoms with Gasteiger partial charge in [0.15, 0.2) is 5.03 Å². The van der Waals surface area contributed by atoms with E-state index >= 15 is 0 Å². The second-order valence-electron chi connectivity index (χ2n) is 4.27. The summed E-state index contributed by atoms with van der Waals surface area (Å²) in [6.07, 6.45) is 1.91. The van der Waals surface area contributed by atoms with Gasteiger partial charge in [0, 0.05) is 19.2 Å². The molecule has 0 spiro atoms. The molecule has 0 fully saturated rings. The van der Waals surface area contributed by atoms with Gasteiger partial charge in [0.2, 0.25) is 0 Å². The smallest absolute Gasteiger partial charge is 0.257 e. The molecular weight excluding hydrogens is 305 g/mol. The fraction of sp³-hybridized carbons (Fsp3) is 0.250. The highest BCUT2D eigenvalue weighted by molar-refractivity contribution is 7.89. The van der Waals surface area contributed by atoms with Gasteiger partial charge in [-0.25, -0.2) is 22.9 Å². The third kappa shape index (κ3) is 3.17. The van der Waals surface area contributed by atoms with Crippen LogP contribution in [0.2, 0.25) is 5.02 Å². The lowest BCUT2D eigenvalue weighted by Gasteiger charge is -2.07. The van der Waals surface area contributed by atoms with Crippen molar-refractivity contribution in [3.05, 3.63) is 46.6 Å². The number of sulfonamides is 1. The molecule has 2 N–H and O–H groups in total. The fourth-order valence-corrected chi connectivity index (χ4v) is 2.53. The maximum atomic E-state index is 13.1. The lowest BCUT2D eigenvalue weighted by Crippen LogP contribution is -2.12. The molecule has 20 heavy (non-hydrogen) atoms. The van der Waals surface area contributed by atoms with E-state index in [4.69, 9.17) is 16.7 Å². The fourth-order valence-electron chi connectivity index (χ4n) is 1.82. The van der Waals surface area contributed by atoms with Gasteiger partial charge in [-0.05, 0) is 17.7 Å². The molecule has 1 heterocycles. The number of nitrogens with two attached hydrogens (primary N) is 1. The third-order valence-electron chi connectivity index (χ3n) is 2.78. The highest BCUT2D eigenvalue weighted by Crippen LogP contribution is 2.18. The number of nitrogens with zero attached hydrogens (tertiary/aromatic N) is 2. The van der Waals surface area contributed by atoms with E-state index in [0.717, 1.165) is 5.56 Å². The highest BCUT2D eigenvalue weighted by Gasteiger charge is 2.15. The first-order chi connectivity index (χ1) is 9.31. The van der Waals surface area contributed by atoms with Crippen LogP contribution in [0.25, 0.3) is 0 Å². The van der Waals surface area contributed by atoms with Crippen LogP contribution in [0.4, 0.5) is 4.39 Å². The molecule has 0 bridgehead atoms. The van der Waals surface area contributed by atoms with Gasteiger partial charge in [0.05, 0.1) is 5.02 Å². The number of aryl methyl sites for hydroxylation is 1. The standard InChI is InChI=1S/C12H13ClFN3O2S/c1-2-11-16-12(20(15,18)19)7-17(11)6-8-3-4-10(14)9(13)5-8/h3-5,7H,2,6H2,1H3,(H2,15,18,19). The first-order valence-electron chi connectivity index (χ1n) is 5.84. The molecule has 0 aliphatic carbocycles. The van der Waals surface area contributed by atoms with Crippen LogP contribution in [-0.2, 0) is 23.0 Å². The molecule has 0 atom stereocenters. The molecule has 1 aromatic carbocycles. The number of hydrogen-bond donors (Lipinski definition) is 1. The minimum Gasteiger partial charge on any atom is -0.329 e. The summed E-state index contributed by atoms with van der Waals surface area (Å²) in [4.78, 5) is 3.98. The van der Waals surface area contributed by atoms with E-state index in [1.165, 1.54) is 18.3 Å². The summed E-state index contributed by atoms with van der Waals surface area (Å²) in [6.45, 7) is 2.19. The summed E-state index contributed by atoms with van der Waals surface area (Å²) in [5, 5.41) is 4.90. The minimum atomic E-state index is -3.84. The Morgan fingerprint density at radius 2 is 2.15 bits per heavy atom. The van der Waals surface area contributed by atoms with Crippen LogP contribution in [0.1, 0.15) is 18.3 Å². The lowest BCUT2D eigenvalue weighted by molar-refractivity contribution is 0.594. The molecule has 0 unspecified atom stereocenters. The van der Waals surface area contributed by atoms with Crippen molar-refractivity contribution in [1.29, 1.82) is 0 Å². The number of rotatable bonds is 4. The first-order valence-corrected chi connectivity index (χ1v) is 7.76.